The molecule has 0 aliphatic carbocycles. The van der Waals surface area contributed by atoms with Crippen LogP contribution in [-0.2, 0) is 23.8 Å². The van der Waals surface area contributed by atoms with Gasteiger partial charge in [-0.15, -0.1) is 0 Å². The lowest BCUT2D eigenvalue weighted by atomic mass is 10.0. The number of carbonyl (C=O) groups excluding carboxylic acids is 3. The Balaban J connectivity index is 2.16. The Morgan fingerprint density at radius 3 is 2.37 bits per heavy atom. The summed E-state index contributed by atoms with van der Waals surface area (Å²) in [6.07, 6.45) is 1.06. The van der Waals surface area contributed by atoms with E-state index in [1.54, 1.807) is 32.8 Å². The molecule has 1 fully saturated rings. The molecule has 1 aliphatic heterocycles. The van der Waals surface area contributed by atoms with E-state index >= 15 is 0 Å². The molecule has 0 unspecified atom stereocenters. The summed E-state index contributed by atoms with van der Waals surface area (Å²) in [6.45, 7) is 7.65. The number of amides is 3. The van der Waals surface area contributed by atoms with E-state index < -0.39 is 11.7 Å². The third kappa shape index (κ3) is 10.8. The minimum Gasteiger partial charge on any atom is -0.444 e. The van der Waals surface area contributed by atoms with Crippen molar-refractivity contribution in [3.05, 3.63) is 0 Å². The number of alkyl carbamates (subject to hydrolysis) is 1. The molecule has 1 heterocycles. The zero-order valence-electron chi connectivity index (χ0n) is 16.8. The number of methoxy groups -OCH3 is 1. The van der Waals surface area contributed by atoms with Crippen molar-refractivity contribution in [2.45, 2.75) is 51.7 Å². The van der Waals surface area contributed by atoms with Gasteiger partial charge in [0, 0.05) is 39.2 Å². The smallest absolute Gasteiger partial charge is 0.407 e. The van der Waals surface area contributed by atoms with Gasteiger partial charge in [0.2, 0.25) is 11.8 Å². The standard InChI is InChI=1S/C18H33N3O6/c1-18(2,3)27-17(24)19-8-5-15(22)20-14-6-9-21(10-7-14)16(23)13-26-12-11-25-4/h14H,5-13H2,1-4H3,(H,19,24)(H,20,22). The normalized spacial score (nSPS) is 15.3. The molecule has 156 valence electrons. The Kier molecular flexibility index (Phi) is 10.1. The number of hydrogen-bond acceptors (Lipinski definition) is 6. The van der Waals surface area contributed by atoms with Crippen LogP contribution in [0.2, 0.25) is 0 Å². The molecular weight excluding hydrogens is 354 g/mol. The number of nitrogens with zero attached hydrogens (tertiary/aromatic N) is 1. The van der Waals surface area contributed by atoms with E-state index in [4.69, 9.17) is 14.2 Å². The van der Waals surface area contributed by atoms with Gasteiger partial charge < -0.3 is 29.7 Å². The summed E-state index contributed by atoms with van der Waals surface area (Å²) < 4.78 is 15.2. The van der Waals surface area contributed by atoms with Crippen LogP contribution in [-0.4, -0.2) is 81.0 Å². The van der Waals surface area contributed by atoms with E-state index in [0.717, 1.165) is 0 Å². The topological polar surface area (TPSA) is 106 Å². The number of rotatable bonds is 9. The molecule has 9 heteroatoms. The minimum absolute atomic E-state index is 0.0393. The fourth-order valence-electron chi connectivity index (χ4n) is 2.56. The van der Waals surface area contributed by atoms with Gasteiger partial charge in [-0.2, -0.15) is 0 Å². The lowest BCUT2D eigenvalue weighted by Crippen LogP contribution is -2.47. The third-order valence-electron chi connectivity index (χ3n) is 3.89. The van der Waals surface area contributed by atoms with E-state index in [1.807, 2.05) is 0 Å². The molecule has 2 N–H and O–H groups in total. The summed E-state index contributed by atoms with van der Waals surface area (Å²) >= 11 is 0. The SMILES string of the molecule is COCCOCC(=O)N1CCC(NC(=O)CCNC(=O)OC(C)(C)C)CC1. The van der Waals surface area contributed by atoms with E-state index in [2.05, 4.69) is 10.6 Å². The van der Waals surface area contributed by atoms with Gasteiger partial charge in [-0.05, 0) is 33.6 Å². The second-order valence-electron chi connectivity index (χ2n) is 7.45. The van der Waals surface area contributed by atoms with Crippen molar-refractivity contribution >= 4 is 17.9 Å². The van der Waals surface area contributed by atoms with Crippen molar-refractivity contribution in [1.29, 1.82) is 0 Å². The quantitative estimate of drug-likeness (QED) is 0.563. The van der Waals surface area contributed by atoms with Crippen molar-refractivity contribution in [3.63, 3.8) is 0 Å². The van der Waals surface area contributed by atoms with Crippen LogP contribution in [0.15, 0.2) is 0 Å². The molecule has 0 aromatic heterocycles. The Morgan fingerprint density at radius 1 is 1.11 bits per heavy atom. The van der Waals surface area contributed by atoms with Crippen LogP contribution >= 0.6 is 0 Å². The van der Waals surface area contributed by atoms with Crippen LogP contribution in [0.25, 0.3) is 0 Å². The maximum Gasteiger partial charge on any atom is 0.407 e. The summed E-state index contributed by atoms with van der Waals surface area (Å²) in [5, 5.41) is 5.50. The van der Waals surface area contributed by atoms with Crippen molar-refractivity contribution in [1.82, 2.24) is 15.5 Å². The van der Waals surface area contributed by atoms with Crippen molar-refractivity contribution in [3.8, 4) is 0 Å². The van der Waals surface area contributed by atoms with E-state index in [9.17, 15) is 14.4 Å². The van der Waals surface area contributed by atoms with Gasteiger partial charge in [0.05, 0.1) is 13.2 Å². The molecule has 0 bridgehead atoms. The molecule has 0 radical (unpaired) electrons. The molecule has 1 saturated heterocycles. The molecule has 27 heavy (non-hydrogen) atoms. The molecule has 0 aromatic rings. The van der Waals surface area contributed by atoms with Gasteiger partial charge in [0.1, 0.15) is 12.2 Å². The highest BCUT2D eigenvalue weighted by atomic mass is 16.6. The zero-order valence-corrected chi connectivity index (χ0v) is 16.8. The first-order chi connectivity index (χ1) is 12.7. The molecule has 1 rings (SSSR count). The summed E-state index contributed by atoms with van der Waals surface area (Å²) in [5.41, 5.74) is -0.563. The van der Waals surface area contributed by atoms with E-state index in [0.29, 0.717) is 39.1 Å². The average Bonchev–Trinajstić information content (AvgIpc) is 2.57. The number of carbonyl (C=O) groups is 3. The second-order valence-corrected chi connectivity index (χ2v) is 7.45. The van der Waals surface area contributed by atoms with Crippen LogP contribution in [0.5, 0.6) is 0 Å². The molecule has 0 atom stereocenters. The lowest BCUT2D eigenvalue weighted by Gasteiger charge is -2.32. The predicted octanol–water partition coefficient (Wildman–Crippen LogP) is 0.671. The van der Waals surface area contributed by atoms with Gasteiger partial charge in [0.25, 0.3) is 0 Å². The summed E-state index contributed by atoms with van der Waals surface area (Å²) in [7, 11) is 1.58. The van der Waals surface area contributed by atoms with Gasteiger partial charge in [-0.3, -0.25) is 9.59 Å². The maximum absolute atomic E-state index is 12.0. The highest BCUT2D eigenvalue weighted by molar-refractivity contribution is 5.78. The molecule has 0 aromatic carbocycles. The number of hydrogen-bond donors (Lipinski definition) is 2. The molecular formula is C18H33N3O6. The molecule has 0 saturated carbocycles. The van der Waals surface area contributed by atoms with Crippen molar-refractivity contribution < 1.29 is 28.6 Å². The lowest BCUT2D eigenvalue weighted by molar-refractivity contribution is -0.137. The number of nitrogens with one attached hydrogen (secondary N) is 2. The van der Waals surface area contributed by atoms with Crippen LogP contribution in [0.1, 0.15) is 40.0 Å². The fraction of sp³-hybridized carbons (Fsp3) is 0.833. The average molecular weight is 387 g/mol. The van der Waals surface area contributed by atoms with Crippen LogP contribution in [0.3, 0.4) is 0 Å². The first kappa shape index (κ1) is 23.2. The van der Waals surface area contributed by atoms with Crippen molar-refractivity contribution in [2.75, 3.05) is 46.6 Å². The second kappa shape index (κ2) is 11.8. The Morgan fingerprint density at radius 2 is 1.78 bits per heavy atom. The van der Waals surface area contributed by atoms with Gasteiger partial charge in [-0.1, -0.05) is 0 Å². The molecule has 9 nitrogen and oxygen atoms in total. The Labute approximate surface area is 161 Å². The number of piperidine rings is 1. The van der Waals surface area contributed by atoms with E-state index in [-0.39, 0.29) is 37.4 Å². The predicted molar refractivity (Wildman–Crippen MR) is 99.3 cm³/mol. The van der Waals surface area contributed by atoms with Crippen LogP contribution in [0, 0.1) is 0 Å². The molecule has 1 aliphatic rings. The zero-order chi connectivity index (χ0) is 20.3. The van der Waals surface area contributed by atoms with Gasteiger partial charge in [-0.25, -0.2) is 4.79 Å². The largest absolute Gasteiger partial charge is 0.444 e. The highest BCUT2D eigenvalue weighted by Crippen LogP contribution is 2.11. The third-order valence-corrected chi connectivity index (χ3v) is 3.89. The van der Waals surface area contributed by atoms with Crippen LogP contribution < -0.4 is 10.6 Å². The van der Waals surface area contributed by atoms with Crippen molar-refractivity contribution in [2.24, 2.45) is 0 Å². The fourth-order valence-corrected chi connectivity index (χ4v) is 2.56. The van der Waals surface area contributed by atoms with E-state index in [1.165, 1.54) is 0 Å². The maximum atomic E-state index is 12.0. The first-order valence-corrected chi connectivity index (χ1v) is 9.32. The van der Waals surface area contributed by atoms with Crippen LogP contribution in [0.4, 0.5) is 4.79 Å². The summed E-state index contributed by atoms with van der Waals surface area (Å²) in [5.74, 6) is -0.170. The number of likely N-dealkylation sites (tertiary alicyclic amines) is 1. The number of ether oxygens (including phenoxy) is 3. The molecule has 0 spiro atoms. The van der Waals surface area contributed by atoms with Gasteiger partial charge >= 0.3 is 6.09 Å². The summed E-state index contributed by atoms with van der Waals surface area (Å²) in [4.78, 5) is 37.3. The minimum atomic E-state index is -0.563. The monoisotopic (exact) mass is 387 g/mol. The van der Waals surface area contributed by atoms with Gasteiger partial charge in [0.15, 0.2) is 0 Å². The highest BCUT2D eigenvalue weighted by Gasteiger charge is 2.24. The Hall–Kier alpha value is -1.87. The first-order valence-electron chi connectivity index (χ1n) is 9.32. The Bertz CT molecular complexity index is 484. The summed E-state index contributed by atoms with van der Waals surface area (Å²) in [6, 6.07) is 0.0393. The molecule has 3 amide bonds.